The van der Waals surface area contributed by atoms with Gasteiger partial charge < -0.3 is 5.32 Å². The number of hydrogen-bond acceptors (Lipinski definition) is 5. The van der Waals surface area contributed by atoms with Crippen molar-refractivity contribution in [1.82, 2.24) is 25.1 Å². The summed E-state index contributed by atoms with van der Waals surface area (Å²) in [5.41, 5.74) is 3.37. The van der Waals surface area contributed by atoms with Crippen LogP contribution in [0, 0.1) is 0 Å². The average molecular weight is 394 g/mol. The standard InChI is InChI=1S/C21H23N5OS/c1-28-21-17(9-6-12-23-21)20(27)24-14-15-13-19(18-10-4-5-11-22-18)26(25-15)16-7-2-3-8-16/h4-6,9-13,16H,2-3,7-8,14H2,1H3,(H,24,27). The molecule has 1 fully saturated rings. The fourth-order valence-corrected chi connectivity index (χ4v) is 4.20. The molecular weight excluding hydrogens is 370 g/mol. The molecule has 0 unspecified atom stereocenters. The summed E-state index contributed by atoms with van der Waals surface area (Å²) < 4.78 is 2.11. The van der Waals surface area contributed by atoms with E-state index >= 15 is 0 Å². The first-order chi connectivity index (χ1) is 13.8. The van der Waals surface area contributed by atoms with Crippen LogP contribution in [0.4, 0.5) is 0 Å². The number of amides is 1. The lowest BCUT2D eigenvalue weighted by Crippen LogP contribution is -2.24. The Balaban J connectivity index is 1.56. The molecule has 1 aliphatic carbocycles. The van der Waals surface area contributed by atoms with Crippen LogP contribution in [0.3, 0.4) is 0 Å². The SMILES string of the molecule is CSc1ncccc1C(=O)NCc1cc(-c2ccccn2)n(C2CCCC2)n1. The maximum Gasteiger partial charge on any atom is 0.254 e. The van der Waals surface area contributed by atoms with Gasteiger partial charge in [-0.3, -0.25) is 14.5 Å². The molecule has 7 heteroatoms. The van der Waals surface area contributed by atoms with Gasteiger partial charge in [-0.15, -0.1) is 11.8 Å². The van der Waals surface area contributed by atoms with Gasteiger partial charge >= 0.3 is 0 Å². The summed E-state index contributed by atoms with van der Waals surface area (Å²) in [5, 5.41) is 8.53. The molecule has 0 atom stereocenters. The topological polar surface area (TPSA) is 72.7 Å². The Morgan fingerprint density at radius 3 is 2.75 bits per heavy atom. The predicted octanol–water partition coefficient (Wildman–Crippen LogP) is 4.11. The van der Waals surface area contributed by atoms with Crippen molar-refractivity contribution in [3.63, 3.8) is 0 Å². The highest BCUT2D eigenvalue weighted by Crippen LogP contribution is 2.33. The minimum atomic E-state index is -0.132. The van der Waals surface area contributed by atoms with E-state index < -0.39 is 0 Å². The van der Waals surface area contributed by atoms with Gasteiger partial charge in [0.05, 0.1) is 35.2 Å². The van der Waals surface area contributed by atoms with Crippen LogP contribution in [0.5, 0.6) is 0 Å². The first kappa shape index (κ1) is 18.7. The molecule has 3 aromatic rings. The number of rotatable bonds is 6. The molecule has 0 aromatic carbocycles. The summed E-state index contributed by atoms with van der Waals surface area (Å²) in [5.74, 6) is -0.132. The Kier molecular flexibility index (Phi) is 5.71. The third kappa shape index (κ3) is 3.94. The monoisotopic (exact) mass is 393 g/mol. The second kappa shape index (κ2) is 8.56. The van der Waals surface area contributed by atoms with E-state index in [1.54, 1.807) is 24.5 Å². The van der Waals surface area contributed by atoms with Crippen molar-refractivity contribution in [2.75, 3.05) is 6.26 Å². The third-order valence-electron chi connectivity index (χ3n) is 5.02. The fourth-order valence-electron chi connectivity index (χ4n) is 3.66. The van der Waals surface area contributed by atoms with E-state index in [1.165, 1.54) is 24.6 Å². The van der Waals surface area contributed by atoms with Crippen LogP contribution in [-0.4, -0.2) is 31.9 Å². The third-order valence-corrected chi connectivity index (χ3v) is 5.74. The molecule has 6 nitrogen and oxygen atoms in total. The zero-order valence-electron chi connectivity index (χ0n) is 15.8. The number of nitrogens with zero attached hydrogens (tertiary/aromatic N) is 4. The maximum atomic E-state index is 12.6. The Bertz CT molecular complexity index is 950. The van der Waals surface area contributed by atoms with Crippen molar-refractivity contribution < 1.29 is 4.79 Å². The molecule has 1 amide bonds. The van der Waals surface area contributed by atoms with E-state index in [2.05, 4.69) is 20.0 Å². The highest BCUT2D eigenvalue weighted by atomic mass is 32.2. The summed E-state index contributed by atoms with van der Waals surface area (Å²) in [6.07, 6.45) is 10.2. The van der Waals surface area contributed by atoms with Gasteiger partial charge in [-0.25, -0.2) is 4.98 Å². The summed E-state index contributed by atoms with van der Waals surface area (Å²) in [6.45, 7) is 0.376. The Morgan fingerprint density at radius 2 is 2.00 bits per heavy atom. The van der Waals surface area contributed by atoms with Gasteiger partial charge in [0.1, 0.15) is 5.03 Å². The van der Waals surface area contributed by atoms with Crippen LogP contribution in [0.25, 0.3) is 11.4 Å². The summed E-state index contributed by atoms with van der Waals surface area (Å²) in [6, 6.07) is 11.9. The molecule has 0 radical (unpaired) electrons. The molecule has 1 N–H and O–H groups in total. The van der Waals surface area contributed by atoms with E-state index in [-0.39, 0.29) is 5.91 Å². The molecule has 3 heterocycles. The average Bonchev–Trinajstić information content (AvgIpc) is 3.42. The second-order valence-electron chi connectivity index (χ2n) is 6.86. The molecule has 28 heavy (non-hydrogen) atoms. The van der Waals surface area contributed by atoms with Crippen molar-refractivity contribution in [1.29, 1.82) is 0 Å². The minimum absolute atomic E-state index is 0.132. The lowest BCUT2D eigenvalue weighted by atomic mass is 10.2. The van der Waals surface area contributed by atoms with Crippen molar-refractivity contribution in [3.05, 3.63) is 60.0 Å². The van der Waals surface area contributed by atoms with Crippen LogP contribution >= 0.6 is 11.8 Å². The van der Waals surface area contributed by atoms with Gasteiger partial charge in [-0.1, -0.05) is 18.9 Å². The molecule has 0 aliphatic heterocycles. The summed E-state index contributed by atoms with van der Waals surface area (Å²) in [7, 11) is 0. The van der Waals surface area contributed by atoms with Gasteiger partial charge in [0.15, 0.2) is 0 Å². The van der Waals surface area contributed by atoms with E-state index in [9.17, 15) is 4.79 Å². The minimum Gasteiger partial charge on any atom is -0.346 e. The van der Waals surface area contributed by atoms with Crippen molar-refractivity contribution in [3.8, 4) is 11.4 Å². The van der Waals surface area contributed by atoms with Crippen molar-refractivity contribution in [2.24, 2.45) is 0 Å². The van der Waals surface area contributed by atoms with Crippen molar-refractivity contribution >= 4 is 17.7 Å². The number of thioether (sulfide) groups is 1. The van der Waals surface area contributed by atoms with E-state index in [1.807, 2.05) is 30.5 Å². The second-order valence-corrected chi connectivity index (χ2v) is 7.66. The lowest BCUT2D eigenvalue weighted by Gasteiger charge is -2.13. The molecular formula is C21H23N5OS. The highest BCUT2D eigenvalue weighted by molar-refractivity contribution is 7.98. The largest absolute Gasteiger partial charge is 0.346 e. The molecule has 3 aromatic heterocycles. The number of nitrogens with one attached hydrogen (secondary N) is 1. The van der Waals surface area contributed by atoms with Gasteiger partial charge in [0.25, 0.3) is 5.91 Å². The molecule has 1 saturated carbocycles. The number of aromatic nitrogens is 4. The molecule has 0 saturated heterocycles. The maximum absolute atomic E-state index is 12.6. The number of pyridine rings is 2. The van der Waals surface area contributed by atoms with Crippen LogP contribution in [0.15, 0.2) is 53.8 Å². The first-order valence-corrected chi connectivity index (χ1v) is 10.8. The number of carbonyl (C=O) groups is 1. The summed E-state index contributed by atoms with van der Waals surface area (Å²) >= 11 is 1.47. The smallest absolute Gasteiger partial charge is 0.254 e. The van der Waals surface area contributed by atoms with Crippen LogP contribution in [0.2, 0.25) is 0 Å². The quantitative estimate of drug-likeness (QED) is 0.638. The van der Waals surface area contributed by atoms with Gasteiger partial charge in [-0.05, 0) is 49.4 Å². The molecule has 144 valence electrons. The van der Waals surface area contributed by atoms with E-state index in [4.69, 9.17) is 5.10 Å². The van der Waals surface area contributed by atoms with Gasteiger partial charge in [0, 0.05) is 12.4 Å². The van der Waals surface area contributed by atoms with Crippen LogP contribution in [0.1, 0.15) is 47.8 Å². The Hall–Kier alpha value is -2.67. The van der Waals surface area contributed by atoms with Crippen molar-refractivity contribution in [2.45, 2.75) is 43.3 Å². The molecule has 0 spiro atoms. The highest BCUT2D eigenvalue weighted by Gasteiger charge is 2.22. The normalized spacial score (nSPS) is 14.3. The van der Waals surface area contributed by atoms with Crippen LogP contribution < -0.4 is 5.32 Å². The lowest BCUT2D eigenvalue weighted by molar-refractivity contribution is 0.0946. The Morgan fingerprint density at radius 1 is 1.18 bits per heavy atom. The van der Waals surface area contributed by atoms with E-state index in [0.29, 0.717) is 18.2 Å². The number of hydrogen-bond donors (Lipinski definition) is 1. The zero-order chi connectivity index (χ0) is 19.3. The summed E-state index contributed by atoms with van der Waals surface area (Å²) in [4.78, 5) is 21.4. The fraction of sp³-hybridized carbons (Fsp3) is 0.333. The zero-order valence-corrected chi connectivity index (χ0v) is 16.7. The van der Waals surface area contributed by atoms with E-state index in [0.717, 1.165) is 34.9 Å². The molecule has 0 bridgehead atoms. The number of carbonyl (C=O) groups excluding carboxylic acids is 1. The molecule has 1 aliphatic rings. The molecule has 4 rings (SSSR count). The van der Waals surface area contributed by atoms with Gasteiger partial charge in [-0.2, -0.15) is 5.10 Å². The van der Waals surface area contributed by atoms with Crippen LogP contribution in [-0.2, 0) is 6.54 Å². The Labute approximate surface area is 168 Å². The van der Waals surface area contributed by atoms with Gasteiger partial charge in [0.2, 0.25) is 0 Å². The first-order valence-electron chi connectivity index (χ1n) is 9.53. The predicted molar refractivity (Wildman–Crippen MR) is 110 cm³/mol.